The standard InChI is InChI=1S/C21H27BrN2O3S/c1-5-14-12-15(22)6-11-21(14)28(25,26)23-19-9-10-20(27-4)18-13-16(24(2)3)7-8-17(18)19/h6,9-12,16,23H,5,7-8,13H2,1-4H3. The van der Waals surface area contributed by atoms with Crippen molar-refractivity contribution in [3.05, 3.63) is 51.5 Å². The fourth-order valence-electron chi connectivity index (χ4n) is 3.84. The number of ether oxygens (including phenoxy) is 1. The van der Waals surface area contributed by atoms with Crippen molar-refractivity contribution >= 4 is 31.6 Å². The van der Waals surface area contributed by atoms with Gasteiger partial charge in [-0.05, 0) is 81.2 Å². The normalized spacial score (nSPS) is 16.7. The summed E-state index contributed by atoms with van der Waals surface area (Å²) >= 11 is 3.42. The molecule has 5 nitrogen and oxygen atoms in total. The van der Waals surface area contributed by atoms with Crippen molar-refractivity contribution in [2.24, 2.45) is 0 Å². The number of halogens is 1. The molecule has 2 aromatic rings. The second-order valence-electron chi connectivity index (χ2n) is 7.34. The third-order valence-corrected chi connectivity index (χ3v) is 7.40. The van der Waals surface area contributed by atoms with Crippen LogP contribution in [0.1, 0.15) is 30.0 Å². The molecule has 0 aliphatic heterocycles. The molecule has 0 bridgehead atoms. The molecule has 1 N–H and O–H groups in total. The van der Waals surface area contributed by atoms with E-state index in [9.17, 15) is 8.42 Å². The Morgan fingerprint density at radius 2 is 1.96 bits per heavy atom. The van der Waals surface area contributed by atoms with E-state index in [4.69, 9.17) is 4.74 Å². The van der Waals surface area contributed by atoms with Crippen LogP contribution in [0.3, 0.4) is 0 Å². The van der Waals surface area contributed by atoms with Crippen LogP contribution >= 0.6 is 15.9 Å². The van der Waals surface area contributed by atoms with E-state index in [1.54, 1.807) is 19.2 Å². The van der Waals surface area contributed by atoms with Gasteiger partial charge < -0.3 is 9.64 Å². The van der Waals surface area contributed by atoms with Crippen LogP contribution in [-0.4, -0.2) is 40.6 Å². The zero-order valence-electron chi connectivity index (χ0n) is 16.8. The van der Waals surface area contributed by atoms with Gasteiger partial charge in [-0.15, -0.1) is 0 Å². The lowest BCUT2D eigenvalue weighted by atomic mass is 9.86. The number of benzene rings is 2. The highest BCUT2D eigenvalue weighted by Gasteiger charge is 2.27. The topological polar surface area (TPSA) is 58.6 Å². The molecule has 0 aromatic heterocycles. The number of methoxy groups -OCH3 is 1. The monoisotopic (exact) mass is 466 g/mol. The van der Waals surface area contributed by atoms with E-state index in [1.807, 2.05) is 25.1 Å². The number of fused-ring (bicyclic) bond motifs is 1. The Morgan fingerprint density at radius 3 is 2.61 bits per heavy atom. The van der Waals surface area contributed by atoms with Gasteiger partial charge in [0.15, 0.2) is 0 Å². The number of nitrogens with one attached hydrogen (secondary N) is 1. The first-order valence-electron chi connectivity index (χ1n) is 9.43. The van der Waals surface area contributed by atoms with Gasteiger partial charge in [-0.3, -0.25) is 4.72 Å². The third kappa shape index (κ3) is 4.21. The SMILES string of the molecule is CCc1cc(Br)ccc1S(=O)(=O)Nc1ccc(OC)c2c1CCC(N(C)C)C2. The van der Waals surface area contributed by atoms with Crippen LogP contribution in [-0.2, 0) is 29.3 Å². The first-order chi connectivity index (χ1) is 13.3. The molecular weight excluding hydrogens is 440 g/mol. The smallest absolute Gasteiger partial charge is 0.262 e. The van der Waals surface area contributed by atoms with Crippen LogP contribution in [0.5, 0.6) is 5.75 Å². The minimum atomic E-state index is -3.68. The maximum atomic E-state index is 13.1. The summed E-state index contributed by atoms with van der Waals surface area (Å²) in [6, 6.07) is 9.38. The van der Waals surface area contributed by atoms with Gasteiger partial charge in [0.05, 0.1) is 17.7 Å². The van der Waals surface area contributed by atoms with Crippen LogP contribution < -0.4 is 9.46 Å². The Labute approximate surface area is 176 Å². The highest BCUT2D eigenvalue weighted by molar-refractivity contribution is 9.10. The molecule has 0 spiro atoms. The third-order valence-electron chi connectivity index (χ3n) is 5.44. The molecule has 0 fully saturated rings. The Morgan fingerprint density at radius 1 is 1.21 bits per heavy atom. The van der Waals surface area contributed by atoms with Gasteiger partial charge in [-0.25, -0.2) is 8.42 Å². The molecule has 1 unspecified atom stereocenters. The second kappa shape index (κ2) is 8.43. The Balaban J connectivity index is 2.01. The molecule has 1 aliphatic rings. The summed E-state index contributed by atoms with van der Waals surface area (Å²) in [5.41, 5.74) is 3.57. The number of hydrogen-bond donors (Lipinski definition) is 1. The van der Waals surface area contributed by atoms with Crippen molar-refractivity contribution in [1.82, 2.24) is 4.90 Å². The van der Waals surface area contributed by atoms with Gasteiger partial charge in [-0.1, -0.05) is 22.9 Å². The lowest BCUT2D eigenvalue weighted by molar-refractivity contribution is 0.265. The summed E-state index contributed by atoms with van der Waals surface area (Å²) in [5, 5.41) is 0. The van der Waals surface area contributed by atoms with Crippen molar-refractivity contribution in [2.75, 3.05) is 25.9 Å². The first kappa shape index (κ1) is 21.1. The number of anilines is 1. The van der Waals surface area contributed by atoms with Crippen molar-refractivity contribution in [3.8, 4) is 5.75 Å². The quantitative estimate of drug-likeness (QED) is 0.691. The van der Waals surface area contributed by atoms with Crippen LogP contribution in [0.2, 0.25) is 0 Å². The van der Waals surface area contributed by atoms with Crippen LogP contribution in [0, 0.1) is 0 Å². The minimum Gasteiger partial charge on any atom is -0.496 e. The average Bonchev–Trinajstić information content (AvgIpc) is 2.67. The molecule has 0 saturated carbocycles. The van der Waals surface area contributed by atoms with E-state index in [1.165, 1.54) is 0 Å². The highest BCUT2D eigenvalue weighted by atomic mass is 79.9. The number of aryl methyl sites for hydroxylation is 1. The molecule has 7 heteroatoms. The van der Waals surface area contributed by atoms with E-state index in [2.05, 4.69) is 39.6 Å². The summed E-state index contributed by atoms with van der Waals surface area (Å²) in [6.07, 6.45) is 3.29. The molecule has 152 valence electrons. The lowest BCUT2D eigenvalue weighted by Gasteiger charge is -2.32. The minimum absolute atomic E-state index is 0.324. The van der Waals surface area contributed by atoms with Gasteiger partial charge >= 0.3 is 0 Å². The number of rotatable bonds is 6. The van der Waals surface area contributed by atoms with E-state index in [0.29, 0.717) is 23.0 Å². The van der Waals surface area contributed by atoms with E-state index in [-0.39, 0.29) is 0 Å². The van der Waals surface area contributed by atoms with E-state index < -0.39 is 10.0 Å². The maximum Gasteiger partial charge on any atom is 0.262 e. The van der Waals surface area contributed by atoms with Crippen molar-refractivity contribution in [1.29, 1.82) is 0 Å². The summed E-state index contributed by atoms with van der Waals surface area (Å²) in [4.78, 5) is 2.54. The molecule has 3 rings (SSSR count). The summed E-state index contributed by atoms with van der Waals surface area (Å²) < 4.78 is 35.6. The first-order valence-corrected chi connectivity index (χ1v) is 11.7. The zero-order chi connectivity index (χ0) is 20.5. The van der Waals surface area contributed by atoms with E-state index >= 15 is 0 Å². The summed E-state index contributed by atoms with van der Waals surface area (Å²) in [7, 11) is 2.14. The average molecular weight is 467 g/mol. The van der Waals surface area contributed by atoms with Gasteiger partial charge in [-0.2, -0.15) is 0 Å². The van der Waals surface area contributed by atoms with Crippen LogP contribution in [0.15, 0.2) is 39.7 Å². The molecule has 1 aliphatic carbocycles. The molecule has 2 aromatic carbocycles. The van der Waals surface area contributed by atoms with Gasteiger partial charge in [0.2, 0.25) is 0 Å². The lowest BCUT2D eigenvalue weighted by Crippen LogP contribution is -2.34. The Bertz CT molecular complexity index is 974. The number of hydrogen-bond acceptors (Lipinski definition) is 4. The predicted molar refractivity (Wildman–Crippen MR) is 117 cm³/mol. The maximum absolute atomic E-state index is 13.1. The van der Waals surface area contributed by atoms with Crippen molar-refractivity contribution < 1.29 is 13.2 Å². The van der Waals surface area contributed by atoms with Gasteiger partial charge in [0.25, 0.3) is 10.0 Å². The molecule has 0 amide bonds. The molecular formula is C21H27BrN2O3S. The molecule has 0 saturated heterocycles. The van der Waals surface area contributed by atoms with Crippen molar-refractivity contribution in [2.45, 2.75) is 43.5 Å². The fourth-order valence-corrected chi connectivity index (χ4v) is 5.64. The van der Waals surface area contributed by atoms with E-state index in [0.717, 1.165) is 46.2 Å². The van der Waals surface area contributed by atoms with Crippen LogP contribution in [0.4, 0.5) is 5.69 Å². The van der Waals surface area contributed by atoms with Gasteiger partial charge in [0, 0.05) is 16.1 Å². The summed E-state index contributed by atoms with van der Waals surface area (Å²) in [6.45, 7) is 1.96. The molecule has 0 radical (unpaired) electrons. The van der Waals surface area contributed by atoms with Gasteiger partial charge in [0.1, 0.15) is 5.75 Å². The molecule has 1 atom stereocenters. The molecule has 28 heavy (non-hydrogen) atoms. The number of nitrogens with zero attached hydrogens (tertiary/aromatic N) is 1. The Hall–Kier alpha value is -1.57. The Kier molecular flexibility index (Phi) is 6.37. The fraction of sp³-hybridized carbons (Fsp3) is 0.429. The largest absolute Gasteiger partial charge is 0.496 e. The second-order valence-corrected chi connectivity index (χ2v) is 9.91. The zero-order valence-corrected chi connectivity index (χ0v) is 19.2. The predicted octanol–water partition coefficient (Wildman–Crippen LogP) is 4.24. The summed E-state index contributed by atoms with van der Waals surface area (Å²) in [5.74, 6) is 0.822. The number of likely N-dealkylation sites (N-methyl/N-ethyl adjacent to an activating group) is 1. The highest BCUT2D eigenvalue weighted by Crippen LogP contribution is 2.37. The number of sulfonamides is 1. The molecule has 0 heterocycles. The van der Waals surface area contributed by atoms with Crippen LogP contribution in [0.25, 0.3) is 0 Å². The van der Waals surface area contributed by atoms with Crippen molar-refractivity contribution in [3.63, 3.8) is 0 Å².